The lowest BCUT2D eigenvalue weighted by Crippen LogP contribution is -2.55. The van der Waals surface area contributed by atoms with E-state index in [-0.39, 0.29) is 5.82 Å². The number of hydrogen-bond donors (Lipinski definition) is 1. The van der Waals surface area contributed by atoms with Gasteiger partial charge in [0.15, 0.2) is 6.20 Å². The van der Waals surface area contributed by atoms with E-state index in [2.05, 4.69) is 29.0 Å². The number of rotatable bonds is 2. The van der Waals surface area contributed by atoms with E-state index in [1.807, 2.05) is 0 Å². The van der Waals surface area contributed by atoms with Crippen LogP contribution in [0.4, 0.5) is 11.5 Å². The summed E-state index contributed by atoms with van der Waals surface area (Å²) < 4.78 is 0. The average Bonchev–Trinajstić information content (AvgIpc) is 2.29. The fourth-order valence-corrected chi connectivity index (χ4v) is 2.28. The van der Waals surface area contributed by atoms with Crippen LogP contribution in [0.3, 0.4) is 0 Å². The molecule has 2 atom stereocenters. The molecule has 1 fully saturated rings. The molecule has 1 aromatic heterocycles. The highest BCUT2D eigenvalue weighted by Gasteiger charge is 2.25. The fraction of sp³-hybridized carbons (Fsp3) is 0.545. The van der Waals surface area contributed by atoms with Crippen molar-refractivity contribution in [2.24, 2.45) is 0 Å². The summed E-state index contributed by atoms with van der Waals surface area (Å²) in [4.78, 5) is 16.2. The largest absolute Gasteiger partial charge is 0.363 e. The van der Waals surface area contributed by atoms with Gasteiger partial charge in [0, 0.05) is 31.2 Å². The summed E-state index contributed by atoms with van der Waals surface area (Å²) in [6.45, 7) is 6.09. The Morgan fingerprint density at radius 3 is 2.53 bits per heavy atom. The highest BCUT2D eigenvalue weighted by molar-refractivity contribution is 5.49. The van der Waals surface area contributed by atoms with Crippen molar-refractivity contribution in [1.29, 1.82) is 0 Å². The first-order valence-corrected chi connectivity index (χ1v) is 5.69. The van der Waals surface area contributed by atoms with E-state index in [4.69, 9.17) is 0 Å². The first-order valence-electron chi connectivity index (χ1n) is 5.69. The molecule has 0 spiro atoms. The smallest absolute Gasteiger partial charge is 0.361 e. The Hall–Kier alpha value is -1.69. The maximum Gasteiger partial charge on any atom is 0.363 e. The number of nitro groups is 1. The van der Waals surface area contributed by atoms with E-state index in [1.165, 1.54) is 6.07 Å². The third-order valence-corrected chi connectivity index (χ3v) is 3.05. The minimum Gasteiger partial charge on any atom is -0.361 e. The molecule has 6 nitrogen and oxygen atoms in total. The Labute approximate surface area is 99.8 Å². The Morgan fingerprint density at radius 2 is 2.06 bits per heavy atom. The molecule has 1 N–H and O–H groups in total. The highest BCUT2D eigenvalue weighted by atomic mass is 16.6. The Bertz CT molecular complexity index is 396. The molecule has 0 aliphatic carbocycles. The van der Waals surface area contributed by atoms with Crippen LogP contribution in [0.15, 0.2) is 18.3 Å². The number of nitrogens with zero attached hydrogens (tertiary/aromatic N) is 3. The minimum atomic E-state index is -0.478. The number of piperazine rings is 1. The van der Waals surface area contributed by atoms with Crippen LogP contribution < -0.4 is 10.2 Å². The second kappa shape index (κ2) is 4.67. The third kappa shape index (κ3) is 2.36. The number of nitrogens with one attached hydrogen (secondary N) is 1. The molecule has 0 saturated carbocycles. The van der Waals surface area contributed by atoms with Crippen molar-refractivity contribution in [3.8, 4) is 0 Å². The van der Waals surface area contributed by atoms with Gasteiger partial charge in [-0.2, -0.15) is 0 Å². The molecule has 92 valence electrons. The van der Waals surface area contributed by atoms with Gasteiger partial charge in [-0.05, 0) is 29.8 Å². The molecule has 2 heterocycles. The number of hydrogen-bond acceptors (Lipinski definition) is 5. The van der Waals surface area contributed by atoms with Crippen molar-refractivity contribution in [3.05, 3.63) is 28.4 Å². The lowest BCUT2D eigenvalue weighted by atomic mass is 10.1. The molecule has 1 aromatic rings. The van der Waals surface area contributed by atoms with E-state index in [1.54, 1.807) is 12.3 Å². The summed E-state index contributed by atoms with van der Waals surface area (Å²) >= 11 is 0. The van der Waals surface area contributed by atoms with Crippen molar-refractivity contribution in [1.82, 2.24) is 10.3 Å². The maximum atomic E-state index is 10.5. The Balaban J connectivity index is 2.23. The molecule has 17 heavy (non-hydrogen) atoms. The SMILES string of the molecule is C[C@@H]1CNC[C@@H](C)N1c1ccc([N+](=O)[O-])nc1. The molecule has 1 saturated heterocycles. The van der Waals surface area contributed by atoms with Gasteiger partial charge in [0.25, 0.3) is 0 Å². The molecule has 0 unspecified atom stereocenters. The summed E-state index contributed by atoms with van der Waals surface area (Å²) in [5.41, 5.74) is 0.942. The first-order chi connectivity index (χ1) is 8.09. The molecule has 6 heteroatoms. The molecular formula is C11H16N4O2. The van der Waals surface area contributed by atoms with Crippen LogP contribution >= 0.6 is 0 Å². The molecule has 2 rings (SSSR count). The van der Waals surface area contributed by atoms with Gasteiger partial charge >= 0.3 is 5.82 Å². The fourth-order valence-electron chi connectivity index (χ4n) is 2.28. The van der Waals surface area contributed by atoms with Gasteiger partial charge in [-0.25, -0.2) is 0 Å². The molecule has 0 aromatic carbocycles. The Kier molecular flexibility index (Phi) is 3.23. The first kappa shape index (κ1) is 11.8. The quantitative estimate of drug-likeness (QED) is 0.616. The van der Waals surface area contributed by atoms with E-state index >= 15 is 0 Å². The number of anilines is 1. The minimum absolute atomic E-state index is 0.107. The summed E-state index contributed by atoms with van der Waals surface area (Å²) in [6, 6.07) is 3.95. The zero-order valence-corrected chi connectivity index (χ0v) is 9.96. The maximum absolute atomic E-state index is 10.5. The molecule has 1 aliphatic heterocycles. The molecule has 0 bridgehead atoms. The van der Waals surface area contributed by atoms with E-state index in [0.717, 1.165) is 18.8 Å². The monoisotopic (exact) mass is 236 g/mol. The van der Waals surface area contributed by atoms with Gasteiger partial charge in [0.2, 0.25) is 0 Å². The van der Waals surface area contributed by atoms with Gasteiger partial charge < -0.3 is 20.3 Å². The summed E-state index contributed by atoms with van der Waals surface area (Å²) in [7, 11) is 0. The van der Waals surface area contributed by atoms with Crippen LogP contribution in [-0.4, -0.2) is 35.1 Å². The molecular weight excluding hydrogens is 220 g/mol. The standard InChI is InChI=1S/C11H16N4O2/c1-8-5-12-6-9(2)14(8)10-3-4-11(13-7-10)15(16)17/h3-4,7-9,12H,5-6H2,1-2H3/t8-,9-/m1/s1. The van der Waals surface area contributed by atoms with Gasteiger partial charge in [0.1, 0.15) is 0 Å². The van der Waals surface area contributed by atoms with Crippen LogP contribution in [0.1, 0.15) is 13.8 Å². The Morgan fingerprint density at radius 1 is 1.41 bits per heavy atom. The van der Waals surface area contributed by atoms with Crippen LogP contribution in [0, 0.1) is 10.1 Å². The molecule has 0 amide bonds. The van der Waals surface area contributed by atoms with Gasteiger partial charge in [-0.1, -0.05) is 0 Å². The second-order valence-electron chi connectivity index (χ2n) is 4.40. The van der Waals surface area contributed by atoms with Crippen LogP contribution in [0.5, 0.6) is 0 Å². The van der Waals surface area contributed by atoms with Crippen molar-refractivity contribution in [3.63, 3.8) is 0 Å². The van der Waals surface area contributed by atoms with E-state index in [9.17, 15) is 10.1 Å². The predicted molar refractivity (Wildman–Crippen MR) is 65.2 cm³/mol. The lowest BCUT2D eigenvalue weighted by molar-refractivity contribution is -0.389. The van der Waals surface area contributed by atoms with Gasteiger partial charge in [-0.3, -0.25) is 0 Å². The van der Waals surface area contributed by atoms with Crippen LogP contribution in [0.2, 0.25) is 0 Å². The van der Waals surface area contributed by atoms with Crippen LogP contribution in [0.25, 0.3) is 0 Å². The van der Waals surface area contributed by atoms with Crippen molar-refractivity contribution < 1.29 is 4.92 Å². The normalized spacial score (nSPS) is 24.7. The summed E-state index contributed by atoms with van der Waals surface area (Å²) in [5, 5.41) is 13.9. The molecule has 1 aliphatic rings. The van der Waals surface area contributed by atoms with E-state index < -0.39 is 4.92 Å². The molecule has 0 radical (unpaired) electrons. The topological polar surface area (TPSA) is 71.3 Å². The zero-order valence-electron chi connectivity index (χ0n) is 9.96. The van der Waals surface area contributed by atoms with Crippen molar-refractivity contribution in [2.75, 3.05) is 18.0 Å². The lowest BCUT2D eigenvalue weighted by Gasteiger charge is -2.40. The van der Waals surface area contributed by atoms with E-state index in [0.29, 0.717) is 12.1 Å². The summed E-state index contributed by atoms with van der Waals surface area (Å²) in [6.07, 6.45) is 1.58. The highest BCUT2D eigenvalue weighted by Crippen LogP contribution is 2.22. The van der Waals surface area contributed by atoms with Crippen molar-refractivity contribution >= 4 is 11.5 Å². The zero-order chi connectivity index (χ0) is 12.4. The average molecular weight is 236 g/mol. The van der Waals surface area contributed by atoms with Crippen molar-refractivity contribution in [2.45, 2.75) is 25.9 Å². The number of pyridine rings is 1. The van der Waals surface area contributed by atoms with Gasteiger partial charge in [0.05, 0.1) is 5.69 Å². The number of aromatic nitrogens is 1. The predicted octanol–water partition coefficient (Wildman–Crippen LogP) is 1.18. The third-order valence-electron chi connectivity index (χ3n) is 3.05. The van der Waals surface area contributed by atoms with Gasteiger partial charge in [-0.15, -0.1) is 0 Å². The van der Waals surface area contributed by atoms with Crippen LogP contribution in [-0.2, 0) is 0 Å². The second-order valence-corrected chi connectivity index (χ2v) is 4.40. The summed E-state index contributed by atoms with van der Waals surface area (Å²) in [5.74, 6) is -0.107.